The molecule has 0 atom stereocenters. The van der Waals surface area contributed by atoms with E-state index in [9.17, 15) is 0 Å². The minimum atomic E-state index is 0.617. The number of aryl methyl sites for hydroxylation is 1. The number of hydrogen-bond donors (Lipinski definition) is 1. The Morgan fingerprint density at radius 3 is 3.20 bits per heavy atom. The lowest BCUT2D eigenvalue weighted by molar-refractivity contribution is 0.697. The first-order valence-corrected chi connectivity index (χ1v) is 5.82. The van der Waals surface area contributed by atoms with Crippen molar-refractivity contribution in [3.8, 4) is 0 Å². The van der Waals surface area contributed by atoms with Crippen molar-refractivity contribution < 1.29 is 0 Å². The smallest absolute Gasteiger partial charge is 0.180 e. The highest BCUT2D eigenvalue weighted by atomic mass is 32.1. The quantitative estimate of drug-likeness (QED) is 0.816. The Balaban J connectivity index is 1.88. The van der Waals surface area contributed by atoms with Crippen LogP contribution in [0.2, 0.25) is 0 Å². The molecule has 0 spiro atoms. The Hall–Kier alpha value is -1.43. The second kappa shape index (κ2) is 3.30. The second-order valence-electron chi connectivity index (χ2n) is 3.64. The van der Waals surface area contributed by atoms with Gasteiger partial charge in [0.05, 0.1) is 12.1 Å². The Kier molecular flexibility index (Phi) is 1.95. The summed E-state index contributed by atoms with van der Waals surface area (Å²) in [7, 11) is 0. The van der Waals surface area contributed by atoms with Gasteiger partial charge in [0.15, 0.2) is 5.13 Å². The molecule has 3 rings (SSSR count). The van der Waals surface area contributed by atoms with E-state index in [-0.39, 0.29) is 0 Å². The van der Waals surface area contributed by atoms with Crippen molar-refractivity contribution in [2.75, 3.05) is 5.73 Å². The molecule has 0 saturated carbocycles. The summed E-state index contributed by atoms with van der Waals surface area (Å²) >= 11 is 1.47. The fraction of sp³-hybridized carbons (Fsp3) is 0.444. The summed E-state index contributed by atoms with van der Waals surface area (Å²) in [5, 5.41) is 10.9. The molecule has 0 bridgehead atoms. The van der Waals surface area contributed by atoms with Crippen LogP contribution in [0.3, 0.4) is 0 Å². The molecule has 0 fully saturated rings. The molecule has 0 unspecified atom stereocenters. The van der Waals surface area contributed by atoms with Crippen molar-refractivity contribution in [3.05, 3.63) is 22.7 Å². The van der Waals surface area contributed by atoms with Gasteiger partial charge in [0, 0.05) is 18.3 Å². The van der Waals surface area contributed by atoms with E-state index < -0.39 is 0 Å². The van der Waals surface area contributed by atoms with Crippen LogP contribution in [0.1, 0.15) is 23.8 Å². The lowest BCUT2D eigenvalue weighted by atomic mass is 10.3. The van der Waals surface area contributed by atoms with Gasteiger partial charge in [-0.15, -0.1) is 21.5 Å². The number of thiazole rings is 1. The predicted molar refractivity (Wildman–Crippen MR) is 57.7 cm³/mol. The van der Waals surface area contributed by atoms with Crippen LogP contribution in [0, 0.1) is 0 Å². The fourth-order valence-electron chi connectivity index (χ4n) is 1.91. The number of aromatic nitrogens is 4. The van der Waals surface area contributed by atoms with Gasteiger partial charge in [-0.1, -0.05) is 0 Å². The summed E-state index contributed by atoms with van der Waals surface area (Å²) in [4.78, 5) is 4.23. The van der Waals surface area contributed by atoms with E-state index in [2.05, 4.69) is 19.7 Å². The summed E-state index contributed by atoms with van der Waals surface area (Å²) < 4.78 is 2.19. The number of nitrogens with zero attached hydrogens (tertiary/aromatic N) is 4. The van der Waals surface area contributed by atoms with Crippen molar-refractivity contribution in [1.82, 2.24) is 19.7 Å². The van der Waals surface area contributed by atoms with Crippen LogP contribution in [0.4, 0.5) is 5.13 Å². The van der Waals surface area contributed by atoms with Crippen molar-refractivity contribution in [1.29, 1.82) is 0 Å². The van der Waals surface area contributed by atoms with Crippen LogP contribution in [0.15, 0.2) is 5.38 Å². The zero-order valence-electron chi connectivity index (χ0n) is 8.18. The van der Waals surface area contributed by atoms with Crippen LogP contribution >= 0.6 is 11.3 Å². The average Bonchev–Trinajstić information content (AvgIpc) is 2.85. The van der Waals surface area contributed by atoms with Gasteiger partial charge in [0.25, 0.3) is 0 Å². The van der Waals surface area contributed by atoms with Gasteiger partial charge < -0.3 is 10.3 Å². The van der Waals surface area contributed by atoms with Gasteiger partial charge in [-0.05, 0) is 6.42 Å². The lowest BCUT2D eigenvalue weighted by Crippen LogP contribution is -2.02. The molecule has 6 heteroatoms. The Bertz CT molecular complexity index is 486. The number of nitrogens with two attached hydrogens (primary N) is 1. The van der Waals surface area contributed by atoms with Crippen molar-refractivity contribution in [2.45, 2.75) is 25.8 Å². The molecule has 0 amide bonds. The van der Waals surface area contributed by atoms with Gasteiger partial charge >= 0.3 is 0 Å². The molecule has 15 heavy (non-hydrogen) atoms. The zero-order valence-corrected chi connectivity index (χ0v) is 9.00. The first-order valence-electron chi connectivity index (χ1n) is 4.94. The van der Waals surface area contributed by atoms with Crippen molar-refractivity contribution in [2.24, 2.45) is 0 Å². The Morgan fingerprint density at radius 1 is 1.47 bits per heavy atom. The van der Waals surface area contributed by atoms with Crippen LogP contribution < -0.4 is 5.73 Å². The zero-order chi connectivity index (χ0) is 10.3. The number of rotatable bonds is 2. The maximum atomic E-state index is 5.58. The maximum absolute atomic E-state index is 5.58. The molecule has 5 nitrogen and oxygen atoms in total. The predicted octanol–water partition coefficient (Wildman–Crippen LogP) is 0.854. The van der Waals surface area contributed by atoms with Gasteiger partial charge in [0.1, 0.15) is 11.6 Å². The van der Waals surface area contributed by atoms with Gasteiger partial charge in [0.2, 0.25) is 0 Å². The Morgan fingerprint density at radius 2 is 2.40 bits per heavy atom. The third kappa shape index (κ3) is 1.50. The van der Waals surface area contributed by atoms with E-state index in [4.69, 9.17) is 5.73 Å². The van der Waals surface area contributed by atoms with E-state index in [0.29, 0.717) is 5.13 Å². The van der Waals surface area contributed by atoms with Crippen LogP contribution in [-0.2, 0) is 19.4 Å². The van der Waals surface area contributed by atoms with E-state index in [0.717, 1.165) is 36.7 Å². The first-order chi connectivity index (χ1) is 7.33. The van der Waals surface area contributed by atoms with E-state index in [1.165, 1.54) is 17.8 Å². The normalized spacial score (nSPS) is 14.4. The molecule has 0 aliphatic carbocycles. The summed E-state index contributed by atoms with van der Waals surface area (Å²) in [6, 6.07) is 0. The SMILES string of the molecule is Nc1nc(Cc2nnc3n2CCC3)cs1. The van der Waals surface area contributed by atoms with Crippen LogP contribution in [0.5, 0.6) is 0 Å². The van der Waals surface area contributed by atoms with Gasteiger partial charge in [-0.3, -0.25) is 0 Å². The number of anilines is 1. The molecule has 2 aromatic rings. The summed E-state index contributed by atoms with van der Waals surface area (Å²) in [6.45, 7) is 1.04. The van der Waals surface area contributed by atoms with E-state index in [1.54, 1.807) is 0 Å². The molecular formula is C9H11N5S. The third-order valence-electron chi connectivity index (χ3n) is 2.59. The highest BCUT2D eigenvalue weighted by Gasteiger charge is 2.17. The minimum absolute atomic E-state index is 0.617. The number of hydrogen-bond acceptors (Lipinski definition) is 5. The molecule has 2 aromatic heterocycles. The number of nitrogen functional groups attached to an aromatic ring is 1. The molecule has 1 aliphatic rings. The van der Waals surface area contributed by atoms with E-state index in [1.807, 2.05) is 5.38 Å². The van der Waals surface area contributed by atoms with Crippen molar-refractivity contribution in [3.63, 3.8) is 0 Å². The number of fused-ring (bicyclic) bond motifs is 1. The lowest BCUT2D eigenvalue weighted by Gasteiger charge is -1.99. The third-order valence-corrected chi connectivity index (χ3v) is 3.32. The molecule has 2 N–H and O–H groups in total. The van der Waals surface area contributed by atoms with E-state index >= 15 is 0 Å². The van der Waals surface area contributed by atoms with Gasteiger partial charge in [-0.25, -0.2) is 4.98 Å². The minimum Gasteiger partial charge on any atom is -0.375 e. The standard InChI is InChI=1S/C9H11N5S/c10-9-11-6(5-15-9)4-8-13-12-7-2-1-3-14(7)8/h5H,1-4H2,(H2,10,11). The Labute approximate surface area is 91.0 Å². The maximum Gasteiger partial charge on any atom is 0.180 e. The molecule has 1 aliphatic heterocycles. The average molecular weight is 221 g/mol. The monoisotopic (exact) mass is 221 g/mol. The van der Waals surface area contributed by atoms with Crippen LogP contribution in [-0.4, -0.2) is 19.7 Å². The van der Waals surface area contributed by atoms with Crippen molar-refractivity contribution >= 4 is 16.5 Å². The summed E-state index contributed by atoms with van der Waals surface area (Å²) in [5.41, 5.74) is 6.57. The molecule has 78 valence electrons. The summed E-state index contributed by atoms with van der Waals surface area (Å²) in [6.07, 6.45) is 2.96. The molecule has 0 radical (unpaired) electrons. The fourth-order valence-corrected chi connectivity index (χ4v) is 2.47. The second-order valence-corrected chi connectivity index (χ2v) is 4.53. The molecule has 3 heterocycles. The first kappa shape index (κ1) is 8.84. The molecular weight excluding hydrogens is 210 g/mol. The summed E-state index contributed by atoms with van der Waals surface area (Å²) in [5.74, 6) is 2.11. The van der Waals surface area contributed by atoms with Crippen LogP contribution in [0.25, 0.3) is 0 Å². The largest absolute Gasteiger partial charge is 0.375 e. The highest BCUT2D eigenvalue weighted by molar-refractivity contribution is 7.13. The highest BCUT2D eigenvalue weighted by Crippen LogP contribution is 2.18. The molecule has 0 aromatic carbocycles. The molecule has 0 saturated heterocycles. The topological polar surface area (TPSA) is 69.6 Å². The van der Waals surface area contributed by atoms with Gasteiger partial charge in [-0.2, -0.15) is 0 Å².